The van der Waals surface area contributed by atoms with Crippen LogP contribution in [-0.4, -0.2) is 24.2 Å². The van der Waals surface area contributed by atoms with E-state index in [1.807, 2.05) is 0 Å². The topological polar surface area (TPSA) is 58.6 Å². The third kappa shape index (κ3) is 4.72. The maximum atomic E-state index is 12.7. The summed E-state index contributed by atoms with van der Waals surface area (Å²) in [5, 5.41) is 13.0. The molecule has 0 radical (unpaired) electrons. The van der Waals surface area contributed by atoms with Gasteiger partial charge in [0, 0.05) is 17.1 Å². The van der Waals surface area contributed by atoms with Gasteiger partial charge in [-0.2, -0.15) is 0 Å². The van der Waals surface area contributed by atoms with E-state index in [9.17, 15) is 14.3 Å². The minimum atomic E-state index is -0.900. The summed E-state index contributed by atoms with van der Waals surface area (Å²) in [5.41, 5.74) is 0.545. The second kappa shape index (κ2) is 7.77. The molecule has 116 valence electrons. The third-order valence-corrected chi connectivity index (χ3v) is 3.28. The molecule has 1 unspecified atom stereocenters. The quantitative estimate of drug-likeness (QED) is 0.859. The lowest BCUT2D eigenvalue weighted by Crippen LogP contribution is -2.32. The van der Waals surface area contributed by atoms with E-state index in [0.29, 0.717) is 16.3 Å². The van der Waals surface area contributed by atoms with Crippen LogP contribution in [0.15, 0.2) is 48.5 Å². The predicted octanol–water partition coefficient (Wildman–Crippen LogP) is 2.71. The second-order valence-corrected chi connectivity index (χ2v) is 4.99. The molecule has 2 N–H and O–H groups in total. The third-order valence-electron chi connectivity index (χ3n) is 2.94. The molecule has 22 heavy (non-hydrogen) atoms. The lowest BCUT2D eigenvalue weighted by molar-refractivity contribution is -0.123. The van der Waals surface area contributed by atoms with E-state index in [-0.39, 0.29) is 19.0 Å². The number of benzene rings is 2. The Bertz CT molecular complexity index is 634. The molecule has 0 saturated carbocycles. The number of ether oxygens (including phenoxy) is 1. The van der Waals surface area contributed by atoms with E-state index in [1.165, 1.54) is 24.3 Å². The second-order valence-electron chi connectivity index (χ2n) is 4.58. The Morgan fingerprint density at radius 2 is 1.91 bits per heavy atom. The van der Waals surface area contributed by atoms with Crippen LogP contribution in [0.3, 0.4) is 0 Å². The van der Waals surface area contributed by atoms with Gasteiger partial charge in [-0.05, 0) is 30.3 Å². The zero-order valence-corrected chi connectivity index (χ0v) is 12.4. The summed E-state index contributed by atoms with van der Waals surface area (Å²) in [7, 11) is 0. The van der Waals surface area contributed by atoms with Gasteiger partial charge < -0.3 is 15.2 Å². The molecule has 2 aromatic rings. The van der Waals surface area contributed by atoms with E-state index in [1.54, 1.807) is 24.3 Å². The summed E-state index contributed by atoms with van der Waals surface area (Å²) in [6.45, 7) is -0.198. The summed E-state index contributed by atoms with van der Waals surface area (Å²) < 4.78 is 17.9. The monoisotopic (exact) mass is 323 g/mol. The number of carbonyl (C=O) groups is 1. The zero-order valence-electron chi connectivity index (χ0n) is 11.6. The number of hydrogen-bond acceptors (Lipinski definition) is 3. The Balaban J connectivity index is 1.78. The number of aliphatic hydroxyl groups excluding tert-OH is 1. The fourth-order valence-electron chi connectivity index (χ4n) is 1.80. The summed E-state index contributed by atoms with van der Waals surface area (Å²) in [6.07, 6.45) is -0.900. The predicted molar refractivity (Wildman–Crippen MR) is 81.3 cm³/mol. The molecule has 0 saturated heterocycles. The lowest BCUT2D eigenvalue weighted by atomic mass is 10.1. The highest BCUT2D eigenvalue weighted by atomic mass is 35.5. The van der Waals surface area contributed by atoms with Gasteiger partial charge in [0.15, 0.2) is 6.61 Å². The van der Waals surface area contributed by atoms with Crippen molar-refractivity contribution in [2.75, 3.05) is 13.2 Å². The van der Waals surface area contributed by atoms with Crippen molar-refractivity contribution in [2.45, 2.75) is 6.10 Å². The van der Waals surface area contributed by atoms with Crippen LogP contribution in [0.1, 0.15) is 11.7 Å². The number of amides is 1. The van der Waals surface area contributed by atoms with Crippen molar-refractivity contribution < 1.29 is 19.0 Å². The SMILES string of the molecule is O=C(COc1ccc(F)cc1)NCC(O)c1ccccc1Cl. The van der Waals surface area contributed by atoms with Gasteiger partial charge in [-0.15, -0.1) is 0 Å². The van der Waals surface area contributed by atoms with Gasteiger partial charge >= 0.3 is 0 Å². The molecule has 0 aromatic heterocycles. The molecule has 1 amide bonds. The first-order chi connectivity index (χ1) is 10.6. The van der Waals surface area contributed by atoms with Crippen molar-refractivity contribution in [1.82, 2.24) is 5.32 Å². The summed E-state index contributed by atoms with van der Waals surface area (Å²) in [4.78, 5) is 11.6. The van der Waals surface area contributed by atoms with Crippen molar-refractivity contribution in [3.63, 3.8) is 0 Å². The van der Waals surface area contributed by atoms with Crippen LogP contribution in [0.5, 0.6) is 5.75 Å². The van der Waals surface area contributed by atoms with Gasteiger partial charge in [0.2, 0.25) is 0 Å². The molecule has 4 nitrogen and oxygen atoms in total. The van der Waals surface area contributed by atoms with Crippen molar-refractivity contribution in [3.8, 4) is 5.75 Å². The zero-order chi connectivity index (χ0) is 15.9. The maximum absolute atomic E-state index is 12.7. The molecule has 0 heterocycles. The van der Waals surface area contributed by atoms with Crippen LogP contribution in [0.4, 0.5) is 4.39 Å². The smallest absolute Gasteiger partial charge is 0.258 e. The molecular formula is C16H15ClFNO3. The first-order valence-corrected chi connectivity index (χ1v) is 7.01. The summed E-state index contributed by atoms with van der Waals surface area (Å²) in [6, 6.07) is 12.2. The molecule has 0 aliphatic rings. The Kier molecular flexibility index (Phi) is 5.75. The molecule has 1 atom stereocenters. The minimum absolute atomic E-state index is 0.0232. The Morgan fingerprint density at radius 3 is 2.59 bits per heavy atom. The van der Waals surface area contributed by atoms with Crippen LogP contribution < -0.4 is 10.1 Å². The average Bonchev–Trinajstić information content (AvgIpc) is 2.52. The van der Waals surface area contributed by atoms with Crippen LogP contribution in [0, 0.1) is 5.82 Å². The molecule has 0 spiro atoms. The Labute approximate surface area is 132 Å². The van der Waals surface area contributed by atoms with Gasteiger partial charge in [0.25, 0.3) is 5.91 Å². The van der Waals surface area contributed by atoms with Gasteiger partial charge in [-0.3, -0.25) is 4.79 Å². The highest BCUT2D eigenvalue weighted by Gasteiger charge is 2.12. The van der Waals surface area contributed by atoms with Crippen LogP contribution in [-0.2, 0) is 4.79 Å². The van der Waals surface area contributed by atoms with Crippen molar-refractivity contribution >= 4 is 17.5 Å². The molecule has 2 aromatic carbocycles. The number of aliphatic hydroxyl groups is 1. The molecule has 0 fully saturated rings. The van der Waals surface area contributed by atoms with Crippen molar-refractivity contribution in [3.05, 3.63) is 64.9 Å². The number of halogens is 2. The van der Waals surface area contributed by atoms with Crippen molar-refractivity contribution in [2.24, 2.45) is 0 Å². The van der Waals surface area contributed by atoms with Gasteiger partial charge in [0.05, 0.1) is 6.10 Å². The number of nitrogens with one attached hydrogen (secondary N) is 1. The summed E-state index contributed by atoms with van der Waals surface area (Å²) in [5.74, 6) is -0.377. The van der Waals surface area contributed by atoms with Crippen molar-refractivity contribution in [1.29, 1.82) is 0 Å². The molecular weight excluding hydrogens is 309 g/mol. The van der Waals surface area contributed by atoms with Crippen LogP contribution in [0.2, 0.25) is 5.02 Å². The van der Waals surface area contributed by atoms with Gasteiger partial charge in [-0.1, -0.05) is 29.8 Å². The largest absolute Gasteiger partial charge is 0.484 e. The number of hydrogen-bond donors (Lipinski definition) is 2. The lowest BCUT2D eigenvalue weighted by Gasteiger charge is -2.14. The Morgan fingerprint density at radius 1 is 1.23 bits per heavy atom. The summed E-state index contributed by atoms with van der Waals surface area (Å²) >= 11 is 5.96. The Hall–Kier alpha value is -2.11. The van der Waals surface area contributed by atoms with E-state index < -0.39 is 12.0 Å². The van der Waals surface area contributed by atoms with E-state index in [0.717, 1.165) is 0 Å². The van der Waals surface area contributed by atoms with Crippen LogP contribution in [0.25, 0.3) is 0 Å². The fourth-order valence-corrected chi connectivity index (χ4v) is 2.06. The molecule has 0 bridgehead atoms. The van der Waals surface area contributed by atoms with Gasteiger partial charge in [0.1, 0.15) is 11.6 Å². The standard InChI is InChI=1S/C16H15ClFNO3/c17-14-4-2-1-3-13(14)15(20)9-19-16(21)10-22-12-7-5-11(18)6-8-12/h1-8,15,20H,9-10H2,(H,19,21). The molecule has 2 rings (SSSR count). The number of carbonyl (C=O) groups excluding carboxylic acids is 1. The molecule has 0 aliphatic carbocycles. The average molecular weight is 324 g/mol. The number of rotatable bonds is 6. The molecule has 0 aliphatic heterocycles. The van der Waals surface area contributed by atoms with Gasteiger partial charge in [-0.25, -0.2) is 4.39 Å². The van der Waals surface area contributed by atoms with E-state index >= 15 is 0 Å². The highest BCUT2D eigenvalue weighted by molar-refractivity contribution is 6.31. The fraction of sp³-hybridized carbons (Fsp3) is 0.188. The van der Waals surface area contributed by atoms with E-state index in [4.69, 9.17) is 16.3 Å². The van der Waals surface area contributed by atoms with E-state index in [2.05, 4.69) is 5.32 Å². The normalized spacial score (nSPS) is 11.8. The minimum Gasteiger partial charge on any atom is -0.484 e. The first-order valence-electron chi connectivity index (χ1n) is 6.64. The first kappa shape index (κ1) is 16.3. The van der Waals surface area contributed by atoms with Crippen LogP contribution >= 0.6 is 11.6 Å². The maximum Gasteiger partial charge on any atom is 0.258 e. The molecule has 6 heteroatoms. The highest BCUT2D eigenvalue weighted by Crippen LogP contribution is 2.21.